The largest absolute Gasteiger partial charge is 0.253 e. The van der Waals surface area contributed by atoms with Crippen LogP contribution in [0.2, 0.25) is 0 Å². The molecule has 0 spiro atoms. The molecule has 1 heterocycles. The van der Waals surface area contributed by atoms with Crippen LogP contribution >= 0.6 is 0 Å². The van der Waals surface area contributed by atoms with E-state index < -0.39 is 0 Å². The highest BCUT2D eigenvalue weighted by Gasteiger charge is 2.03. The number of hydrogen-bond acceptors (Lipinski definition) is 2. The smallest absolute Gasteiger partial charge is 0.0705 e. The minimum Gasteiger partial charge on any atom is -0.253 e. The van der Waals surface area contributed by atoms with E-state index in [1.165, 1.54) is 5.56 Å². The normalized spacial score (nSPS) is 9.94. The molecule has 0 saturated carbocycles. The molecule has 1 aromatic carbocycles. The van der Waals surface area contributed by atoms with E-state index in [0.717, 1.165) is 22.5 Å². The molecule has 84 valence electrons. The van der Waals surface area contributed by atoms with Gasteiger partial charge in [-0.1, -0.05) is 35.9 Å². The van der Waals surface area contributed by atoms with Crippen LogP contribution in [0.1, 0.15) is 16.8 Å². The summed E-state index contributed by atoms with van der Waals surface area (Å²) in [4.78, 5) is 4.54. The number of nitrogens with zero attached hydrogens (tertiary/aromatic N) is 2. The fourth-order valence-electron chi connectivity index (χ4n) is 1.75. The van der Waals surface area contributed by atoms with Crippen molar-refractivity contribution in [3.63, 3.8) is 0 Å². The zero-order valence-corrected chi connectivity index (χ0v) is 10.1. The first-order valence-corrected chi connectivity index (χ1v) is 5.61. The van der Waals surface area contributed by atoms with E-state index in [0.29, 0.717) is 6.42 Å². The van der Waals surface area contributed by atoms with Crippen molar-refractivity contribution in [3.8, 4) is 17.3 Å². The molecule has 0 bridgehead atoms. The lowest BCUT2D eigenvalue weighted by Gasteiger charge is -2.05. The van der Waals surface area contributed by atoms with Gasteiger partial charge in [0.1, 0.15) is 0 Å². The van der Waals surface area contributed by atoms with Crippen LogP contribution < -0.4 is 0 Å². The fourth-order valence-corrected chi connectivity index (χ4v) is 1.75. The highest BCUT2D eigenvalue weighted by Crippen LogP contribution is 2.19. The van der Waals surface area contributed by atoms with E-state index in [1.807, 2.05) is 19.1 Å². The summed E-state index contributed by atoms with van der Waals surface area (Å²) in [6.45, 7) is 4.02. The van der Waals surface area contributed by atoms with E-state index >= 15 is 0 Å². The predicted molar refractivity (Wildman–Crippen MR) is 68.5 cm³/mol. The van der Waals surface area contributed by atoms with Crippen LogP contribution in [-0.2, 0) is 6.42 Å². The molecule has 17 heavy (non-hydrogen) atoms. The van der Waals surface area contributed by atoms with Gasteiger partial charge in [0.25, 0.3) is 0 Å². The van der Waals surface area contributed by atoms with Crippen LogP contribution in [0.5, 0.6) is 0 Å². The number of nitriles is 1. The van der Waals surface area contributed by atoms with E-state index in [9.17, 15) is 0 Å². The summed E-state index contributed by atoms with van der Waals surface area (Å²) in [5.74, 6) is 0. The summed E-state index contributed by atoms with van der Waals surface area (Å²) in [7, 11) is 0. The third-order valence-corrected chi connectivity index (χ3v) is 2.81. The van der Waals surface area contributed by atoms with Gasteiger partial charge in [-0.15, -0.1) is 0 Å². The van der Waals surface area contributed by atoms with Gasteiger partial charge in [-0.3, -0.25) is 4.98 Å². The van der Waals surface area contributed by atoms with Crippen molar-refractivity contribution < 1.29 is 0 Å². The first kappa shape index (κ1) is 11.3. The molecule has 2 aromatic rings. The maximum atomic E-state index is 8.68. The Hall–Kier alpha value is -2.14. The Kier molecular flexibility index (Phi) is 3.20. The monoisotopic (exact) mass is 222 g/mol. The number of aryl methyl sites for hydroxylation is 2. The maximum absolute atomic E-state index is 8.68. The molecule has 1 aromatic heterocycles. The average Bonchev–Trinajstić information content (AvgIpc) is 2.33. The van der Waals surface area contributed by atoms with Gasteiger partial charge in [-0.2, -0.15) is 5.26 Å². The quantitative estimate of drug-likeness (QED) is 0.780. The van der Waals surface area contributed by atoms with Crippen LogP contribution in [0.3, 0.4) is 0 Å². The lowest BCUT2D eigenvalue weighted by Crippen LogP contribution is -1.93. The molecule has 0 aliphatic heterocycles. The first-order chi connectivity index (χ1) is 8.20. The van der Waals surface area contributed by atoms with Gasteiger partial charge in [-0.05, 0) is 25.5 Å². The second-order valence-electron chi connectivity index (χ2n) is 4.14. The Morgan fingerprint density at radius 1 is 1.06 bits per heavy atom. The number of benzene rings is 1. The van der Waals surface area contributed by atoms with Crippen molar-refractivity contribution in [1.82, 2.24) is 4.98 Å². The zero-order valence-electron chi connectivity index (χ0n) is 10.1. The van der Waals surface area contributed by atoms with Gasteiger partial charge in [0.2, 0.25) is 0 Å². The van der Waals surface area contributed by atoms with Crippen molar-refractivity contribution in [3.05, 3.63) is 53.2 Å². The Bertz CT molecular complexity index is 562. The molecule has 0 saturated heterocycles. The lowest BCUT2D eigenvalue weighted by molar-refractivity contribution is 1.11. The van der Waals surface area contributed by atoms with Gasteiger partial charge in [0, 0.05) is 11.3 Å². The first-order valence-electron chi connectivity index (χ1n) is 5.61. The van der Waals surface area contributed by atoms with Crippen molar-refractivity contribution in [2.24, 2.45) is 0 Å². The van der Waals surface area contributed by atoms with Crippen LogP contribution in [0, 0.1) is 25.2 Å². The molecule has 0 aliphatic rings. The van der Waals surface area contributed by atoms with Crippen molar-refractivity contribution in [2.45, 2.75) is 20.3 Å². The van der Waals surface area contributed by atoms with Gasteiger partial charge in [0.05, 0.1) is 18.2 Å². The molecular formula is C15H14N2. The SMILES string of the molecule is Cc1ccc(-c2ccc(CC#N)c(C)n2)cc1. The number of aromatic nitrogens is 1. The lowest BCUT2D eigenvalue weighted by atomic mass is 10.1. The highest BCUT2D eigenvalue weighted by molar-refractivity contribution is 5.60. The Balaban J connectivity index is 2.38. The van der Waals surface area contributed by atoms with Gasteiger partial charge in [0.15, 0.2) is 0 Å². The third kappa shape index (κ3) is 2.51. The zero-order chi connectivity index (χ0) is 12.3. The van der Waals surface area contributed by atoms with Crippen LogP contribution in [-0.4, -0.2) is 4.98 Å². The molecule has 0 aliphatic carbocycles. The topological polar surface area (TPSA) is 36.7 Å². The minimum atomic E-state index is 0.424. The summed E-state index contributed by atoms with van der Waals surface area (Å²) in [6.07, 6.45) is 0.424. The summed E-state index contributed by atoms with van der Waals surface area (Å²) in [5, 5.41) is 8.68. The minimum absolute atomic E-state index is 0.424. The molecule has 2 rings (SSSR count). The average molecular weight is 222 g/mol. The van der Waals surface area contributed by atoms with Gasteiger partial charge in [-0.25, -0.2) is 0 Å². The Labute approximate surface area is 102 Å². The molecule has 0 atom stereocenters. The number of rotatable bonds is 2. The maximum Gasteiger partial charge on any atom is 0.0705 e. The van der Waals surface area contributed by atoms with Crippen molar-refractivity contribution in [2.75, 3.05) is 0 Å². The van der Waals surface area contributed by atoms with Crippen LogP contribution in [0.25, 0.3) is 11.3 Å². The molecule has 0 radical (unpaired) electrons. The fraction of sp³-hybridized carbons (Fsp3) is 0.200. The molecule has 0 unspecified atom stereocenters. The van der Waals surface area contributed by atoms with E-state index in [2.05, 4.69) is 42.2 Å². The summed E-state index contributed by atoms with van der Waals surface area (Å²) >= 11 is 0. The Morgan fingerprint density at radius 3 is 2.35 bits per heavy atom. The summed E-state index contributed by atoms with van der Waals surface area (Å²) in [6, 6.07) is 14.4. The number of pyridine rings is 1. The second-order valence-corrected chi connectivity index (χ2v) is 4.14. The predicted octanol–water partition coefficient (Wildman–Crippen LogP) is 3.43. The van der Waals surface area contributed by atoms with Crippen molar-refractivity contribution >= 4 is 0 Å². The van der Waals surface area contributed by atoms with E-state index in [1.54, 1.807) is 0 Å². The third-order valence-electron chi connectivity index (χ3n) is 2.81. The van der Waals surface area contributed by atoms with Crippen LogP contribution in [0.15, 0.2) is 36.4 Å². The molecule has 0 N–H and O–H groups in total. The molecule has 2 heteroatoms. The molecule has 2 nitrogen and oxygen atoms in total. The standard InChI is InChI=1S/C15H14N2/c1-11-3-5-14(6-4-11)15-8-7-13(9-10-16)12(2)17-15/h3-8H,9H2,1-2H3. The summed E-state index contributed by atoms with van der Waals surface area (Å²) < 4.78 is 0. The van der Waals surface area contributed by atoms with E-state index in [4.69, 9.17) is 5.26 Å². The molecule has 0 fully saturated rings. The Morgan fingerprint density at radius 2 is 1.76 bits per heavy atom. The molecular weight excluding hydrogens is 208 g/mol. The highest BCUT2D eigenvalue weighted by atomic mass is 14.7. The van der Waals surface area contributed by atoms with Gasteiger partial charge < -0.3 is 0 Å². The van der Waals surface area contributed by atoms with Crippen molar-refractivity contribution in [1.29, 1.82) is 5.26 Å². The molecule has 0 amide bonds. The summed E-state index contributed by atoms with van der Waals surface area (Å²) in [5.41, 5.74) is 5.26. The number of hydrogen-bond donors (Lipinski definition) is 0. The van der Waals surface area contributed by atoms with Gasteiger partial charge >= 0.3 is 0 Å². The second kappa shape index (κ2) is 4.80. The van der Waals surface area contributed by atoms with Crippen LogP contribution in [0.4, 0.5) is 0 Å². The van der Waals surface area contributed by atoms with E-state index in [-0.39, 0.29) is 0 Å².